The molecule has 14 heavy (non-hydrogen) atoms. The first-order valence-corrected chi connectivity index (χ1v) is 5.45. The Kier molecular flexibility index (Phi) is 3.30. The lowest BCUT2D eigenvalue weighted by Gasteiger charge is -2.16. The van der Waals surface area contributed by atoms with Gasteiger partial charge < -0.3 is 0 Å². The first-order valence-electron chi connectivity index (χ1n) is 5.45. The summed E-state index contributed by atoms with van der Waals surface area (Å²) in [6.07, 6.45) is 1.09. The molecule has 78 valence electrons. The van der Waals surface area contributed by atoms with E-state index in [0.29, 0.717) is 5.92 Å². The van der Waals surface area contributed by atoms with E-state index in [-0.39, 0.29) is 0 Å². The fraction of sp³-hybridized carbons (Fsp3) is 0.615. The van der Waals surface area contributed by atoms with Gasteiger partial charge in [-0.2, -0.15) is 0 Å². The van der Waals surface area contributed by atoms with Crippen LogP contribution in [0.1, 0.15) is 54.8 Å². The van der Waals surface area contributed by atoms with E-state index in [2.05, 4.69) is 41.5 Å². The van der Waals surface area contributed by atoms with Crippen LogP contribution in [0.15, 0.2) is 0 Å². The van der Waals surface area contributed by atoms with E-state index >= 15 is 0 Å². The molecule has 0 atom stereocenters. The average molecular weight is 191 g/mol. The van der Waals surface area contributed by atoms with Crippen LogP contribution in [0.25, 0.3) is 0 Å². The Morgan fingerprint density at radius 1 is 1.07 bits per heavy atom. The van der Waals surface area contributed by atoms with Gasteiger partial charge in [-0.3, -0.25) is 4.98 Å². The van der Waals surface area contributed by atoms with Crippen molar-refractivity contribution in [3.8, 4) is 0 Å². The average Bonchev–Trinajstić information content (AvgIpc) is 2.12. The molecule has 0 aliphatic heterocycles. The first kappa shape index (κ1) is 11.2. The molecule has 0 saturated heterocycles. The molecular weight excluding hydrogens is 170 g/mol. The fourth-order valence-electron chi connectivity index (χ4n) is 2.10. The van der Waals surface area contributed by atoms with Crippen molar-refractivity contribution in [3.63, 3.8) is 0 Å². The van der Waals surface area contributed by atoms with Gasteiger partial charge in [0.05, 0.1) is 0 Å². The number of aryl methyl sites for hydroxylation is 1. The van der Waals surface area contributed by atoms with Crippen LogP contribution < -0.4 is 0 Å². The van der Waals surface area contributed by atoms with Gasteiger partial charge in [0, 0.05) is 11.4 Å². The Labute approximate surface area is 87.6 Å². The van der Waals surface area contributed by atoms with Crippen LogP contribution in [0.4, 0.5) is 0 Å². The number of nitrogens with zero attached hydrogens (tertiary/aromatic N) is 1. The molecule has 1 rings (SSSR count). The molecule has 1 nitrogen and oxygen atoms in total. The number of pyridine rings is 1. The Hall–Kier alpha value is -0.850. The highest BCUT2D eigenvalue weighted by atomic mass is 14.7. The zero-order valence-corrected chi connectivity index (χ0v) is 10.2. The van der Waals surface area contributed by atoms with Gasteiger partial charge in [-0.05, 0) is 49.8 Å². The SMILES string of the molecule is CCc1c(C)nc(C(C)C)c(C)c1C. The van der Waals surface area contributed by atoms with Crippen molar-refractivity contribution >= 4 is 0 Å². The Morgan fingerprint density at radius 2 is 1.64 bits per heavy atom. The lowest BCUT2D eigenvalue weighted by Crippen LogP contribution is -2.05. The molecule has 1 heteroatoms. The van der Waals surface area contributed by atoms with Gasteiger partial charge in [0.15, 0.2) is 0 Å². The van der Waals surface area contributed by atoms with Crippen molar-refractivity contribution in [2.75, 3.05) is 0 Å². The highest BCUT2D eigenvalue weighted by molar-refractivity contribution is 5.39. The van der Waals surface area contributed by atoms with Gasteiger partial charge in [0.2, 0.25) is 0 Å². The van der Waals surface area contributed by atoms with E-state index in [0.717, 1.165) is 6.42 Å². The van der Waals surface area contributed by atoms with Crippen LogP contribution in [0.5, 0.6) is 0 Å². The van der Waals surface area contributed by atoms with Crippen LogP contribution in [0.2, 0.25) is 0 Å². The van der Waals surface area contributed by atoms with E-state index in [1.54, 1.807) is 0 Å². The smallest absolute Gasteiger partial charge is 0.0464 e. The molecule has 0 bridgehead atoms. The van der Waals surface area contributed by atoms with Crippen molar-refractivity contribution < 1.29 is 0 Å². The van der Waals surface area contributed by atoms with Crippen molar-refractivity contribution in [1.82, 2.24) is 4.98 Å². The molecule has 0 radical (unpaired) electrons. The van der Waals surface area contributed by atoms with Gasteiger partial charge in [-0.25, -0.2) is 0 Å². The van der Waals surface area contributed by atoms with Crippen molar-refractivity contribution in [1.29, 1.82) is 0 Å². The number of hydrogen-bond acceptors (Lipinski definition) is 1. The minimum Gasteiger partial charge on any atom is -0.257 e. The van der Waals surface area contributed by atoms with Crippen molar-refractivity contribution in [2.24, 2.45) is 0 Å². The molecule has 1 heterocycles. The summed E-state index contributed by atoms with van der Waals surface area (Å²) in [6.45, 7) is 13.1. The molecule has 0 spiro atoms. The molecule has 0 unspecified atom stereocenters. The van der Waals surface area contributed by atoms with Crippen LogP contribution in [-0.2, 0) is 6.42 Å². The van der Waals surface area contributed by atoms with Gasteiger partial charge in [0.25, 0.3) is 0 Å². The van der Waals surface area contributed by atoms with Gasteiger partial charge in [0.1, 0.15) is 0 Å². The Balaban J connectivity index is 3.40. The first-order chi connectivity index (χ1) is 6.49. The third-order valence-electron chi connectivity index (χ3n) is 3.02. The molecule has 0 aliphatic rings. The lowest BCUT2D eigenvalue weighted by atomic mass is 9.95. The lowest BCUT2D eigenvalue weighted by molar-refractivity contribution is 0.792. The second kappa shape index (κ2) is 4.12. The molecule has 0 fully saturated rings. The van der Waals surface area contributed by atoms with Crippen LogP contribution in [0.3, 0.4) is 0 Å². The van der Waals surface area contributed by atoms with E-state index in [1.165, 1.54) is 28.1 Å². The maximum absolute atomic E-state index is 4.70. The zero-order valence-electron chi connectivity index (χ0n) is 10.2. The summed E-state index contributed by atoms with van der Waals surface area (Å²) in [7, 11) is 0. The fourth-order valence-corrected chi connectivity index (χ4v) is 2.10. The quantitative estimate of drug-likeness (QED) is 0.694. The monoisotopic (exact) mass is 191 g/mol. The van der Waals surface area contributed by atoms with Crippen LogP contribution in [0, 0.1) is 20.8 Å². The number of rotatable bonds is 2. The van der Waals surface area contributed by atoms with Gasteiger partial charge in [-0.15, -0.1) is 0 Å². The maximum atomic E-state index is 4.70. The van der Waals surface area contributed by atoms with E-state index < -0.39 is 0 Å². The second-order valence-electron chi connectivity index (χ2n) is 4.32. The third-order valence-corrected chi connectivity index (χ3v) is 3.02. The summed E-state index contributed by atoms with van der Waals surface area (Å²) < 4.78 is 0. The molecule has 0 saturated carbocycles. The van der Waals surface area contributed by atoms with Crippen LogP contribution in [-0.4, -0.2) is 4.98 Å². The molecule has 0 aromatic carbocycles. The summed E-state index contributed by atoms with van der Waals surface area (Å²) >= 11 is 0. The Bertz CT molecular complexity index is 338. The largest absolute Gasteiger partial charge is 0.257 e. The highest BCUT2D eigenvalue weighted by Crippen LogP contribution is 2.24. The zero-order chi connectivity index (χ0) is 10.9. The van der Waals surface area contributed by atoms with E-state index in [9.17, 15) is 0 Å². The molecule has 0 aliphatic carbocycles. The van der Waals surface area contributed by atoms with Gasteiger partial charge in [-0.1, -0.05) is 20.8 Å². The minimum atomic E-state index is 0.526. The predicted molar refractivity (Wildman–Crippen MR) is 61.9 cm³/mol. The van der Waals surface area contributed by atoms with Crippen molar-refractivity contribution in [3.05, 3.63) is 28.1 Å². The van der Waals surface area contributed by atoms with Crippen LogP contribution >= 0.6 is 0 Å². The highest BCUT2D eigenvalue weighted by Gasteiger charge is 2.12. The molecule has 1 aromatic rings. The summed E-state index contributed by atoms with van der Waals surface area (Å²) in [6, 6.07) is 0. The van der Waals surface area contributed by atoms with E-state index in [1.807, 2.05) is 0 Å². The van der Waals surface area contributed by atoms with E-state index in [4.69, 9.17) is 4.98 Å². The summed E-state index contributed by atoms with van der Waals surface area (Å²) in [4.78, 5) is 4.70. The number of hydrogen-bond donors (Lipinski definition) is 0. The predicted octanol–water partition coefficient (Wildman–Crippen LogP) is 3.69. The summed E-state index contributed by atoms with van der Waals surface area (Å²) in [5.41, 5.74) is 6.70. The molecule has 0 amide bonds. The molecular formula is C13H21N. The second-order valence-corrected chi connectivity index (χ2v) is 4.32. The molecule has 1 aromatic heterocycles. The minimum absolute atomic E-state index is 0.526. The topological polar surface area (TPSA) is 12.9 Å². The van der Waals surface area contributed by atoms with Crippen molar-refractivity contribution in [2.45, 2.75) is 53.9 Å². The molecule has 0 N–H and O–H groups in total. The number of aromatic nitrogens is 1. The normalized spacial score (nSPS) is 11.1. The summed E-state index contributed by atoms with van der Waals surface area (Å²) in [5.74, 6) is 0.526. The Morgan fingerprint density at radius 3 is 2.07 bits per heavy atom. The standard InChI is InChI=1S/C13H21N/c1-7-12-9(4)10(5)13(8(2)3)14-11(12)6/h8H,7H2,1-6H3. The maximum Gasteiger partial charge on any atom is 0.0464 e. The third kappa shape index (κ3) is 1.82. The summed E-state index contributed by atoms with van der Waals surface area (Å²) in [5, 5.41) is 0. The van der Waals surface area contributed by atoms with Gasteiger partial charge >= 0.3 is 0 Å².